The second-order valence-corrected chi connectivity index (χ2v) is 5.07. The highest BCUT2D eigenvalue weighted by molar-refractivity contribution is 7.09. The minimum atomic E-state index is -4.72. The van der Waals surface area contributed by atoms with Gasteiger partial charge >= 0.3 is 6.18 Å². The molecule has 0 aliphatic heterocycles. The zero-order valence-corrected chi connectivity index (χ0v) is 10.4. The molecule has 1 nitrogen and oxygen atoms in total. The summed E-state index contributed by atoms with van der Waals surface area (Å²) in [6, 6.07) is 6.10. The number of alkyl halides is 3. The van der Waals surface area contributed by atoms with Gasteiger partial charge in [0.1, 0.15) is 5.82 Å². The van der Waals surface area contributed by atoms with E-state index in [9.17, 15) is 22.7 Å². The van der Waals surface area contributed by atoms with Crippen LogP contribution in [0.4, 0.5) is 17.6 Å². The van der Waals surface area contributed by atoms with Gasteiger partial charge in [-0.05, 0) is 29.1 Å². The first kappa shape index (κ1) is 14.0. The van der Waals surface area contributed by atoms with E-state index < -0.39 is 23.7 Å². The summed E-state index contributed by atoms with van der Waals surface area (Å²) in [7, 11) is 0. The van der Waals surface area contributed by atoms with Crippen LogP contribution in [0, 0.1) is 5.82 Å². The van der Waals surface area contributed by atoms with E-state index in [4.69, 9.17) is 0 Å². The smallest absolute Gasteiger partial charge is 0.388 e. The van der Waals surface area contributed by atoms with Crippen LogP contribution in [-0.4, -0.2) is 5.11 Å². The molecule has 1 aromatic carbocycles. The molecule has 0 aliphatic carbocycles. The Labute approximate surface area is 111 Å². The SMILES string of the molecule is OC(Cc1cccs1)c1ccc(C(F)(F)F)c(F)c1. The molecule has 2 aromatic rings. The molecular formula is C13H10F4OS. The van der Waals surface area contributed by atoms with Crippen molar-refractivity contribution in [1.82, 2.24) is 0 Å². The minimum absolute atomic E-state index is 0.138. The van der Waals surface area contributed by atoms with Crippen LogP contribution in [0.3, 0.4) is 0 Å². The molecule has 0 radical (unpaired) electrons. The molecule has 1 N–H and O–H groups in total. The third-order valence-corrected chi connectivity index (χ3v) is 3.56. The lowest BCUT2D eigenvalue weighted by Crippen LogP contribution is -2.09. The molecule has 102 valence electrons. The van der Waals surface area contributed by atoms with Crippen molar-refractivity contribution in [3.63, 3.8) is 0 Å². The summed E-state index contributed by atoms with van der Waals surface area (Å²) in [5.41, 5.74) is -1.18. The quantitative estimate of drug-likeness (QED) is 0.841. The number of benzene rings is 1. The van der Waals surface area contributed by atoms with E-state index in [1.165, 1.54) is 11.3 Å². The van der Waals surface area contributed by atoms with Crippen LogP contribution >= 0.6 is 11.3 Å². The maximum atomic E-state index is 13.4. The number of rotatable bonds is 3. The highest BCUT2D eigenvalue weighted by atomic mass is 32.1. The number of hydrogen-bond donors (Lipinski definition) is 1. The molecule has 1 atom stereocenters. The van der Waals surface area contributed by atoms with Gasteiger partial charge in [0.15, 0.2) is 0 Å². The number of aliphatic hydroxyl groups is 1. The molecule has 0 aliphatic rings. The van der Waals surface area contributed by atoms with E-state index >= 15 is 0 Å². The van der Waals surface area contributed by atoms with Crippen LogP contribution in [0.5, 0.6) is 0 Å². The van der Waals surface area contributed by atoms with Gasteiger partial charge in [-0.1, -0.05) is 12.1 Å². The van der Waals surface area contributed by atoms with Crippen molar-refractivity contribution in [2.24, 2.45) is 0 Å². The number of halogens is 4. The number of aliphatic hydroxyl groups excluding tert-OH is 1. The molecule has 0 amide bonds. The average molecular weight is 290 g/mol. The molecule has 0 saturated carbocycles. The first-order valence-corrected chi connectivity index (χ1v) is 6.33. The third kappa shape index (κ3) is 3.33. The molecule has 2 rings (SSSR count). The van der Waals surface area contributed by atoms with Gasteiger partial charge in [0, 0.05) is 11.3 Å². The van der Waals surface area contributed by atoms with Gasteiger partial charge in [-0.3, -0.25) is 0 Å². The largest absolute Gasteiger partial charge is 0.419 e. The zero-order chi connectivity index (χ0) is 14.0. The van der Waals surface area contributed by atoms with E-state index in [1.54, 1.807) is 12.1 Å². The fourth-order valence-electron chi connectivity index (χ4n) is 1.71. The summed E-state index contributed by atoms with van der Waals surface area (Å²) in [6.07, 6.45) is -5.49. The lowest BCUT2D eigenvalue weighted by Gasteiger charge is -2.13. The normalized spacial score (nSPS) is 13.5. The van der Waals surface area contributed by atoms with E-state index in [-0.39, 0.29) is 12.0 Å². The van der Waals surface area contributed by atoms with Gasteiger partial charge < -0.3 is 5.11 Å². The van der Waals surface area contributed by atoms with Crippen molar-refractivity contribution >= 4 is 11.3 Å². The third-order valence-electron chi connectivity index (χ3n) is 2.66. The van der Waals surface area contributed by atoms with Crippen LogP contribution < -0.4 is 0 Å². The summed E-state index contributed by atoms with van der Waals surface area (Å²) in [5, 5.41) is 11.7. The summed E-state index contributed by atoms with van der Waals surface area (Å²) in [4.78, 5) is 0.882. The van der Waals surface area contributed by atoms with Crippen LogP contribution in [0.2, 0.25) is 0 Å². The maximum Gasteiger partial charge on any atom is 0.419 e. The Bertz CT molecular complexity index is 548. The standard InChI is InChI=1S/C13H10F4OS/c14-11-6-8(3-4-10(11)13(15,16)17)12(18)7-9-2-1-5-19-9/h1-6,12,18H,7H2. The molecule has 1 aromatic heterocycles. The maximum absolute atomic E-state index is 13.4. The van der Waals surface area contributed by atoms with E-state index in [0.717, 1.165) is 17.0 Å². The second kappa shape index (κ2) is 5.30. The van der Waals surface area contributed by atoms with Gasteiger partial charge in [-0.2, -0.15) is 13.2 Å². The summed E-state index contributed by atoms with van der Waals surface area (Å²) in [6.45, 7) is 0. The lowest BCUT2D eigenvalue weighted by atomic mass is 10.0. The Hall–Kier alpha value is -1.40. The number of thiophene rings is 1. The molecule has 1 unspecified atom stereocenters. The number of hydrogen-bond acceptors (Lipinski definition) is 2. The molecule has 0 fully saturated rings. The summed E-state index contributed by atoms with van der Waals surface area (Å²) in [5.74, 6) is -1.37. The monoisotopic (exact) mass is 290 g/mol. The molecule has 0 saturated heterocycles. The Balaban J connectivity index is 2.20. The highest BCUT2D eigenvalue weighted by Crippen LogP contribution is 2.33. The van der Waals surface area contributed by atoms with Crippen molar-refractivity contribution in [1.29, 1.82) is 0 Å². The van der Waals surface area contributed by atoms with Crippen molar-refractivity contribution in [3.05, 3.63) is 57.5 Å². The minimum Gasteiger partial charge on any atom is -0.388 e. The topological polar surface area (TPSA) is 20.2 Å². The fraction of sp³-hybridized carbons (Fsp3) is 0.231. The molecular weight excluding hydrogens is 280 g/mol. The van der Waals surface area contributed by atoms with Gasteiger partial charge in [-0.15, -0.1) is 11.3 Å². The predicted molar refractivity (Wildman–Crippen MR) is 64.4 cm³/mol. The Kier molecular flexibility index (Phi) is 3.91. The highest BCUT2D eigenvalue weighted by Gasteiger charge is 2.34. The van der Waals surface area contributed by atoms with E-state index in [0.29, 0.717) is 6.07 Å². The van der Waals surface area contributed by atoms with Crippen molar-refractivity contribution in [2.45, 2.75) is 18.7 Å². The van der Waals surface area contributed by atoms with Crippen molar-refractivity contribution in [2.75, 3.05) is 0 Å². The zero-order valence-electron chi connectivity index (χ0n) is 9.62. The average Bonchev–Trinajstić information content (AvgIpc) is 2.79. The van der Waals surface area contributed by atoms with Crippen LogP contribution in [0.1, 0.15) is 22.1 Å². The lowest BCUT2D eigenvalue weighted by molar-refractivity contribution is -0.140. The predicted octanol–water partition coefficient (Wildman–Crippen LogP) is 4.18. The molecule has 0 bridgehead atoms. The molecule has 0 spiro atoms. The fourth-order valence-corrected chi connectivity index (χ4v) is 2.45. The first-order chi connectivity index (χ1) is 8.88. The van der Waals surface area contributed by atoms with Crippen molar-refractivity contribution in [3.8, 4) is 0 Å². The molecule has 6 heteroatoms. The van der Waals surface area contributed by atoms with Gasteiger partial charge in [0.2, 0.25) is 0 Å². The first-order valence-electron chi connectivity index (χ1n) is 5.45. The Morgan fingerprint density at radius 1 is 1.21 bits per heavy atom. The second-order valence-electron chi connectivity index (χ2n) is 4.04. The van der Waals surface area contributed by atoms with Gasteiger partial charge in [0.25, 0.3) is 0 Å². The van der Waals surface area contributed by atoms with Gasteiger partial charge in [0.05, 0.1) is 11.7 Å². The van der Waals surface area contributed by atoms with Crippen LogP contribution in [0.25, 0.3) is 0 Å². The van der Waals surface area contributed by atoms with E-state index in [1.807, 2.05) is 5.38 Å². The molecule has 19 heavy (non-hydrogen) atoms. The van der Waals surface area contributed by atoms with Crippen LogP contribution in [-0.2, 0) is 12.6 Å². The van der Waals surface area contributed by atoms with E-state index in [2.05, 4.69) is 0 Å². The molecule has 1 heterocycles. The summed E-state index contributed by atoms with van der Waals surface area (Å²) < 4.78 is 50.5. The Morgan fingerprint density at radius 3 is 2.47 bits per heavy atom. The van der Waals surface area contributed by atoms with Gasteiger partial charge in [-0.25, -0.2) is 4.39 Å². The van der Waals surface area contributed by atoms with Crippen molar-refractivity contribution < 1.29 is 22.7 Å². The summed E-state index contributed by atoms with van der Waals surface area (Å²) >= 11 is 1.42. The van der Waals surface area contributed by atoms with Crippen LogP contribution in [0.15, 0.2) is 35.7 Å². The Morgan fingerprint density at radius 2 is 1.95 bits per heavy atom.